The minimum atomic E-state index is -0.0214. The Kier molecular flexibility index (Phi) is 10.7. The quantitative estimate of drug-likeness (QED) is 0.163. The minimum Gasteiger partial charge on any atom is -0.311 e. The summed E-state index contributed by atoms with van der Waals surface area (Å²) in [5, 5.41) is 0. The summed E-state index contributed by atoms with van der Waals surface area (Å²) in [4.78, 5) is 5.33. The average molecular weight is 873 g/mol. The fraction of sp³-hybridized carbons (Fsp3) is 0.429. The van der Waals surface area contributed by atoms with Crippen LogP contribution < -0.4 is 26.2 Å². The molecule has 0 amide bonds. The van der Waals surface area contributed by atoms with Crippen LogP contribution in [0.1, 0.15) is 182 Å². The maximum Gasteiger partial charge on any atom is 0.252 e. The zero-order valence-electron chi connectivity index (χ0n) is 43.9. The molecule has 3 aliphatic rings. The van der Waals surface area contributed by atoms with Crippen molar-refractivity contribution in [1.82, 2.24) is 0 Å². The van der Waals surface area contributed by atoms with Crippen molar-refractivity contribution < 1.29 is 0 Å². The van der Waals surface area contributed by atoms with Gasteiger partial charge in [-0.2, -0.15) is 0 Å². The van der Waals surface area contributed by atoms with E-state index in [4.69, 9.17) is 0 Å². The number of rotatable bonds is 4. The molecule has 0 spiro atoms. The third-order valence-electron chi connectivity index (χ3n) is 15.8. The normalized spacial score (nSPS) is 16.5. The predicted molar refractivity (Wildman–Crippen MR) is 290 cm³/mol. The number of hydrogen-bond acceptors (Lipinski definition) is 2. The van der Waals surface area contributed by atoms with Crippen LogP contribution in [-0.2, 0) is 32.5 Å². The van der Waals surface area contributed by atoms with E-state index in [0.29, 0.717) is 5.92 Å². The van der Waals surface area contributed by atoms with E-state index >= 15 is 0 Å². The maximum atomic E-state index is 2.72. The van der Waals surface area contributed by atoms with Crippen molar-refractivity contribution in [2.75, 3.05) is 9.80 Å². The molecule has 3 heteroatoms. The summed E-state index contributed by atoms with van der Waals surface area (Å²) in [7, 11) is 0. The van der Waals surface area contributed by atoms with Crippen LogP contribution >= 0.6 is 0 Å². The Hall–Kier alpha value is -5.02. The van der Waals surface area contributed by atoms with E-state index in [0.717, 1.165) is 0 Å². The second-order valence-corrected chi connectivity index (χ2v) is 26.1. The van der Waals surface area contributed by atoms with Crippen LogP contribution in [0.4, 0.5) is 34.1 Å². The Morgan fingerprint density at radius 1 is 0.439 bits per heavy atom. The van der Waals surface area contributed by atoms with Gasteiger partial charge in [-0.3, -0.25) is 0 Å². The SMILES string of the molecule is CC(C)c1cc2c3c(c1)N(c1ccc(C(C)(C)C)cc1-c1ccc(C(C)(C)C)cc1)c1cc4c(cc1B3c1cc(C(C)(C)C)ccc1N2c1ccc(C(C)(C)C)cc1)C(C)(C)CCC4(C)C. The van der Waals surface area contributed by atoms with Crippen molar-refractivity contribution in [2.24, 2.45) is 0 Å². The highest BCUT2D eigenvalue weighted by molar-refractivity contribution is 7.00. The van der Waals surface area contributed by atoms with Crippen LogP contribution in [-0.4, -0.2) is 6.71 Å². The average Bonchev–Trinajstić information content (AvgIpc) is 3.23. The predicted octanol–water partition coefficient (Wildman–Crippen LogP) is 16.1. The van der Waals surface area contributed by atoms with Crippen LogP contribution in [0, 0.1) is 0 Å². The van der Waals surface area contributed by atoms with Crippen LogP contribution in [0.2, 0.25) is 0 Å². The van der Waals surface area contributed by atoms with E-state index in [-0.39, 0.29) is 39.2 Å². The van der Waals surface area contributed by atoms with Gasteiger partial charge < -0.3 is 9.80 Å². The standard InChI is InChI=1S/C63H77BN2/c1-39(2)41-33-55-57-56(34-41)66(52-29-25-44(60(9,10)11)35-47(52)40-19-21-42(22-20-40)58(3,4)5)54-38-49-48(62(15,16)31-32-63(49,17)18)37-51(54)64(57)50-36-45(61(12,13)14)26-30-53(50)65(55)46-27-23-43(24-28-46)59(6,7)8/h19-30,33-39H,31-32H2,1-18H3. The van der Waals surface area contributed by atoms with E-state index in [2.05, 4.69) is 244 Å². The molecule has 1 aliphatic carbocycles. The summed E-state index contributed by atoms with van der Waals surface area (Å²) in [6.07, 6.45) is 2.34. The lowest BCUT2D eigenvalue weighted by Gasteiger charge is -2.48. The molecule has 2 nitrogen and oxygen atoms in total. The van der Waals surface area contributed by atoms with Gasteiger partial charge in [-0.05, 0) is 161 Å². The van der Waals surface area contributed by atoms with Gasteiger partial charge in [-0.15, -0.1) is 0 Å². The van der Waals surface area contributed by atoms with Gasteiger partial charge >= 0.3 is 0 Å². The van der Waals surface area contributed by atoms with Gasteiger partial charge in [-0.1, -0.05) is 185 Å². The molecule has 0 atom stereocenters. The first kappa shape index (κ1) is 46.1. The zero-order valence-corrected chi connectivity index (χ0v) is 43.9. The summed E-state index contributed by atoms with van der Waals surface area (Å²) < 4.78 is 0. The molecule has 0 fully saturated rings. The third kappa shape index (κ3) is 7.75. The van der Waals surface area contributed by atoms with Crippen molar-refractivity contribution in [3.63, 3.8) is 0 Å². The molecule has 0 saturated carbocycles. The monoisotopic (exact) mass is 873 g/mol. The molecular formula is C63H77BN2. The van der Waals surface area contributed by atoms with Crippen molar-refractivity contribution in [2.45, 2.75) is 176 Å². The lowest BCUT2D eigenvalue weighted by atomic mass is 9.33. The Labute approximate surface area is 400 Å². The molecule has 6 aromatic carbocycles. The first-order chi connectivity index (χ1) is 30.6. The van der Waals surface area contributed by atoms with Gasteiger partial charge in [0, 0.05) is 34.0 Å². The summed E-state index contributed by atoms with van der Waals surface area (Å²) >= 11 is 0. The maximum absolute atomic E-state index is 2.72. The third-order valence-corrected chi connectivity index (χ3v) is 15.8. The Morgan fingerprint density at radius 3 is 1.39 bits per heavy atom. The van der Waals surface area contributed by atoms with E-state index in [1.54, 1.807) is 0 Å². The number of benzene rings is 6. The van der Waals surface area contributed by atoms with E-state index in [9.17, 15) is 0 Å². The fourth-order valence-electron chi connectivity index (χ4n) is 11.1. The Morgan fingerprint density at radius 2 is 0.879 bits per heavy atom. The summed E-state index contributed by atoms with van der Waals surface area (Å²) in [6, 6.07) is 44.2. The number of hydrogen-bond donors (Lipinski definition) is 0. The highest BCUT2D eigenvalue weighted by Gasteiger charge is 2.47. The summed E-state index contributed by atoms with van der Waals surface area (Å²) in [5.41, 5.74) is 24.3. The lowest BCUT2D eigenvalue weighted by Crippen LogP contribution is -2.62. The molecule has 0 N–H and O–H groups in total. The van der Waals surface area contributed by atoms with E-state index < -0.39 is 0 Å². The van der Waals surface area contributed by atoms with Crippen molar-refractivity contribution in [3.8, 4) is 11.1 Å². The molecular weight excluding hydrogens is 796 g/mol. The Balaban J connectivity index is 1.44. The molecule has 2 aliphatic heterocycles. The molecule has 0 radical (unpaired) electrons. The van der Waals surface area contributed by atoms with E-state index in [1.165, 1.54) is 113 Å². The topological polar surface area (TPSA) is 6.48 Å². The second-order valence-electron chi connectivity index (χ2n) is 26.1. The molecule has 0 bridgehead atoms. The van der Waals surface area contributed by atoms with Crippen molar-refractivity contribution >= 4 is 57.2 Å². The number of anilines is 6. The molecule has 9 rings (SSSR count). The fourth-order valence-corrected chi connectivity index (χ4v) is 11.1. The molecule has 2 heterocycles. The van der Waals surface area contributed by atoms with Gasteiger partial charge in [0.05, 0.1) is 5.69 Å². The second kappa shape index (κ2) is 15.2. The van der Waals surface area contributed by atoms with Gasteiger partial charge in [0.1, 0.15) is 0 Å². The van der Waals surface area contributed by atoms with Crippen molar-refractivity contribution in [1.29, 1.82) is 0 Å². The Bertz CT molecular complexity index is 2860. The largest absolute Gasteiger partial charge is 0.311 e. The highest BCUT2D eigenvalue weighted by atomic mass is 15.2. The molecule has 0 saturated heterocycles. The van der Waals surface area contributed by atoms with Gasteiger partial charge in [0.15, 0.2) is 0 Å². The molecule has 66 heavy (non-hydrogen) atoms. The van der Waals surface area contributed by atoms with Crippen LogP contribution in [0.25, 0.3) is 11.1 Å². The first-order valence-corrected chi connectivity index (χ1v) is 25.0. The number of fused-ring (bicyclic) bond motifs is 5. The first-order valence-electron chi connectivity index (χ1n) is 25.0. The minimum absolute atomic E-state index is 0.0174. The van der Waals surface area contributed by atoms with Crippen LogP contribution in [0.5, 0.6) is 0 Å². The molecule has 342 valence electrons. The van der Waals surface area contributed by atoms with Crippen molar-refractivity contribution in [3.05, 3.63) is 148 Å². The van der Waals surface area contributed by atoms with Crippen LogP contribution in [0.3, 0.4) is 0 Å². The lowest BCUT2D eigenvalue weighted by molar-refractivity contribution is 0.332. The van der Waals surface area contributed by atoms with E-state index in [1.807, 2.05) is 0 Å². The zero-order chi connectivity index (χ0) is 47.8. The number of nitrogens with zero attached hydrogens (tertiary/aromatic N) is 2. The highest BCUT2D eigenvalue weighted by Crippen LogP contribution is 2.52. The summed E-state index contributed by atoms with van der Waals surface area (Å²) in [5.74, 6) is 0.318. The summed E-state index contributed by atoms with van der Waals surface area (Å²) in [6.45, 7) is 42.7. The molecule has 6 aromatic rings. The molecule has 0 aromatic heterocycles. The van der Waals surface area contributed by atoms with Gasteiger partial charge in [0.2, 0.25) is 0 Å². The van der Waals surface area contributed by atoms with Gasteiger partial charge in [0.25, 0.3) is 6.71 Å². The van der Waals surface area contributed by atoms with Gasteiger partial charge in [-0.25, -0.2) is 0 Å². The van der Waals surface area contributed by atoms with Crippen LogP contribution in [0.15, 0.2) is 109 Å². The molecule has 0 unspecified atom stereocenters. The smallest absolute Gasteiger partial charge is 0.252 e.